The summed E-state index contributed by atoms with van der Waals surface area (Å²) in [6, 6.07) is 11.5. The van der Waals surface area contributed by atoms with Crippen molar-refractivity contribution in [2.75, 3.05) is 23.7 Å². The van der Waals surface area contributed by atoms with E-state index in [2.05, 4.69) is 5.32 Å². The van der Waals surface area contributed by atoms with Crippen LogP contribution in [0.5, 0.6) is 0 Å². The molecule has 0 saturated carbocycles. The molecule has 2 aromatic carbocycles. The molecule has 2 rings (SSSR count). The average molecular weight is 557 g/mol. The summed E-state index contributed by atoms with van der Waals surface area (Å²) < 4.78 is 26.3. The molecule has 0 unspecified atom stereocenters. The van der Waals surface area contributed by atoms with Gasteiger partial charge in [0.2, 0.25) is 21.8 Å². The SMILES string of the molecule is Cc1c(Cl)cccc1N(CCCC(=O)N(Cc1cccc(Cl)c1)[C@@H](C)C(=O)NCC(C)C)S(C)(=O)=O. The van der Waals surface area contributed by atoms with Crippen LogP contribution in [0, 0.1) is 12.8 Å². The minimum absolute atomic E-state index is 0.0635. The second-order valence-electron chi connectivity index (χ2n) is 9.29. The molecule has 0 bridgehead atoms. The van der Waals surface area contributed by atoms with Crippen LogP contribution in [-0.2, 0) is 26.2 Å². The molecule has 10 heteroatoms. The number of anilines is 1. The average Bonchev–Trinajstić information content (AvgIpc) is 2.79. The fourth-order valence-electron chi connectivity index (χ4n) is 3.72. The highest BCUT2D eigenvalue weighted by molar-refractivity contribution is 7.92. The Hall–Kier alpha value is -2.29. The maximum absolute atomic E-state index is 13.3. The van der Waals surface area contributed by atoms with Crippen LogP contribution in [0.15, 0.2) is 42.5 Å². The molecular formula is C26H35Cl2N3O4S. The Morgan fingerprint density at radius 3 is 2.33 bits per heavy atom. The van der Waals surface area contributed by atoms with Crippen molar-refractivity contribution in [3.8, 4) is 0 Å². The van der Waals surface area contributed by atoms with E-state index in [1.54, 1.807) is 50.2 Å². The predicted molar refractivity (Wildman–Crippen MR) is 147 cm³/mol. The largest absolute Gasteiger partial charge is 0.354 e. The molecule has 0 radical (unpaired) electrons. The van der Waals surface area contributed by atoms with Crippen LogP contribution in [0.3, 0.4) is 0 Å². The van der Waals surface area contributed by atoms with Gasteiger partial charge in [0.1, 0.15) is 6.04 Å². The van der Waals surface area contributed by atoms with Crippen molar-refractivity contribution in [2.24, 2.45) is 5.92 Å². The van der Waals surface area contributed by atoms with Gasteiger partial charge in [-0.15, -0.1) is 0 Å². The van der Waals surface area contributed by atoms with Crippen molar-refractivity contribution in [2.45, 2.75) is 53.1 Å². The molecule has 7 nitrogen and oxygen atoms in total. The number of amides is 2. The Bertz CT molecular complexity index is 1170. The Balaban J connectivity index is 2.20. The molecule has 1 N–H and O–H groups in total. The second kappa shape index (κ2) is 13.3. The molecule has 0 aliphatic carbocycles. The summed E-state index contributed by atoms with van der Waals surface area (Å²) in [7, 11) is -3.60. The van der Waals surface area contributed by atoms with Gasteiger partial charge >= 0.3 is 0 Å². The standard InChI is InChI=1S/C26H35Cl2N3O4S/c1-18(2)16-29-26(33)20(4)30(17-21-9-6-10-22(27)15-21)25(32)13-8-14-31(36(5,34)35)24-12-7-11-23(28)19(24)3/h6-7,9-12,15,18,20H,8,13-14,16-17H2,1-5H3,(H,29,33)/t20-/m0/s1. The number of carbonyl (C=O) groups is 2. The van der Waals surface area contributed by atoms with E-state index < -0.39 is 16.1 Å². The number of benzene rings is 2. The molecule has 1 atom stereocenters. The smallest absolute Gasteiger partial charge is 0.242 e. The van der Waals surface area contributed by atoms with Gasteiger partial charge in [-0.3, -0.25) is 13.9 Å². The fourth-order valence-corrected chi connectivity index (χ4v) is 5.11. The lowest BCUT2D eigenvalue weighted by Crippen LogP contribution is -2.48. The van der Waals surface area contributed by atoms with Crippen molar-refractivity contribution in [1.29, 1.82) is 0 Å². The predicted octanol–water partition coefficient (Wildman–Crippen LogP) is 5.04. The highest BCUT2D eigenvalue weighted by atomic mass is 35.5. The van der Waals surface area contributed by atoms with Crippen LogP contribution in [0.4, 0.5) is 5.69 Å². The molecule has 0 aliphatic heterocycles. The normalized spacial score (nSPS) is 12.3. The van der Waals surface area contributed by atoms with Crippen LogP contribution in [0.1, 0.15) is 44.7 Å². The first-order valence-corrected chi connectivity index (χ1v) is 14.5. The summed E-state index contributed by atoms with van der Waals surface area (Å²) in [5.41, 5.74) is 1.93. The maximum atomic E-state index is 13.3. The van der Waals surface area contributed by atoms with E-state index in [9.17, 15) is 18.0 Å². The van der Waals surface area contributed by atoms with Gasteiger partial charge in [-0.2, -0.15) is 0 Å². The summed E-state index contributed by atoms with van der Waals surface area (Å²) in [6.45, 7) is 8.25. The number of hydrogen-bond donors (Lipinski definition) is 1. The van der Waals surface area contributed by atoms with Crippen molar-refractivity contribution in [3.63, 3.8) is 0 Å². The minimum atomic E-state index is -3.60. The minimum Gasteiger partial charge on any atom is -0.354 e. The van der Waals surface area contributed by atoms with Crippen LogP contribution < -0.4 is 9.62 Å². The summed E-state index contributed by atoms with van der Waals surface area (Å²) >= 11 is 12.3. The molecule has 2 aromatic rings. The van der Waals surface area contributed by atoms with E-state index in [-0.39, 0.29) is 43.7 Å². The lowest BCUT2D eigenvalue weighted by atomic mass is 10.1. The van der Waals surface area contributed by atoms with E-state index >= 15 is 0 Å². The van der Waals surface area contributed by atoms with Gasteiger partial charge in [-0.1, -0.05) is 55.2 Å². The summed E-state index contributed by atoms with van der Waals surface area (Å²) in [5, 5.41) is 3.89. The quantitative estimate of drug-likeness (QED) is 0.397. The Morgan fingerprint density at radius 2 is 1.72 bits per heavy atom. The first-order chi connectivity index (χ1) is 16.8. The van der Waals surface area contributed by atoms with E-state index in [0.29, 0.717) is 27.8 Å². The summed E-state index contributed by atoms with van der Waals surface area (Å²) in [6.07, 6.45) is 1.46. The topological polar surface area (TPSA) is 86.8 Å². The summed E-state index contributed by atoms with van der Waals surface area (Å²) in [4.78, 5) is 27.6. The van der Waals surface area contributed by atoms with Crippen LogP contribution in [-0.4, -0.2) is 50.5 Å². The van der Waals surface area contributed by atoms with Gasteiger partial charge in [-0.05, 0) is 61.6 Å². The number of halogens is 2. The number of nitrogens with zero attached hydrogens (tertiary/aromatic N) is 2. The van der Waals surface area contributed by atoms with Crippen molar-refractivity contribution in [3.05, 3.63) is 63.6 Å². The number of nitrogens with one attached hydrogen (secondary N) is 1. The van der Waals surface area contributed by atoms with E-state index in [1.165, 1.54) is 9.21 Å². The fraction of sp³-hybridized carbons (Fsp3) is 0.462. The lowest BCUT2D eigenvalue weighted by molar-refractivity contribution is -0.140. The second-order valence-corrected chi connectivity index (χ2v) is 12.0. The molecule has 36 heavy (non-hydrogen) atoms. The number of rotatable bonds is 12. The van der Waals surface area contributed by atoms with Crippen LogP contribution in [0.2, 0.25) is 10.0 Å². The molecule has 0 spiro atoms. The number of carbonyl (C=O) groups excluding carboxylic acids is 2. The first kappa shape index (κ1) is 29.9. The van der Waals surface area contributed by atoms with E-state index in [4.69, 9.17) is 23.2 Å². The van der Waals surface area contributed by atoms with Gasteiger partial charge < -0.3 is 10.2 Å². The van der Waals surface area contributed by atoms with Gasteiger partial charge in [0.15, 0.2) is 0 Å². The molecule has 0 aromatic heterocycles. The zero-order valence-corrected chi connectivity index (χ0v) is 23.8. The van der Waals surface area contributed by atoms with Crippen molar-refractivity contribution < 1.29 is 18.0 Å². The van der Waals surface area contributed by atoms with E-state index in [1.807, 2.05) is 19.9 Å². The lowest BCUT2D eigenvalue weighted by Gasteiger charge is -2.30. The monoisotopic (exact) mass is 555 g/mol. The molecule has 0 fully saturated rings. The molecular weight excluding hydrogens is 521 g/mol. The molecule has 0 heterocycles. The van der Waals surface area contributed by atoms with E-state index in [0.717, 1.165) is 11.8 Å². The summed E-state index contributed by atoms with van der Waals surface area (Å²) in [5.74, 6) is -0.222. The Kier molecular flexibility index (Phi) is 11.1. The van der Waals surface area contributed by atoms with Gasteiger partial charge in [0, 0.05) is 36.1 Å². The third-order valence-electron chi connectivity index (χ3n) is 5.75. The van der Waals surface area contributed by atoms with Gasteiger partial charge in [0.25, 0.3) is 0 Å². The zero-order valence-electron chi connectivity index (χ0n) is 21.4. The Labute approximate surface area is 224 Å². The molecule has 0 saturated heterocycles. The van der Waals surface area contributed by atoms with Gasteiger partial charge in [-0.25, -0.2) is 8.42 Å². The number of hydrogen-bond acceptors (Lipinski definition) is 4. The Morgan fingerprint density at radius 1 is 1.06 bits per heavy atom. The third kappa shape index (κ3) is 8.68. The van der Waals surface area contributed by atoms with Crippen LogP contribution >= 0.6 is 23.2 Å². The van der Waals surface area contributed by atoms with Crippen LogP contribution in [0.25, 0.3) is 0 Å². The highest BCUT2D eigenvalue weighted by Gasteiger charge is 2.27. The number of sulfonamides is 1. The van der Waals surface area contributed by atoms with Crippen molar-refractivity contribution in [1.82, 2.24) is 10.2 Å². The molecule has 2 amide bonds. The first-order valence-electron chi connectivity index (χ1n) is 11.9. The van der Waals surface area contributed by atoms with Crippen molar-refractivity contribution >= 4 is 50.7 Å². The third-order valence-corrected chi connectivity index (χ3v) is 7.58. The highest BCUT2D eigenvalue weighted by Crippen LogP contribution is 2.28. The molecule has 0 aliphatic rings. The molecule has 198 valence electrons. The maximum Gasteiger partial charge on any atom is 0.242 e. The van der Waals surface area contributed by atoms with Gasteiger partial charge in [0.05, 0.1) is 11.9 Å². The zero-order chi connectivity index (χ0) is 27.0.